The largest absolute Gasteiger partial charge is 0.0750 e. The van der Waals surface area contributed by atoms with E-state index in [-0.39, 0.29) is 0 Å². The van der Waals surface area contributed by atoms with E-state index in [1.54, 1.807) is 22.3 Å². The summed E-state index contributed by atoms with van der Waals surface area (Å²) in [5, 5.41) is 0. The Hall–Kier alpha value is -2.55. The molecule has 6 rings (SSSR count). The first-order chi connectivity index (χ1) is 17.6. The summed E-state index contributed by atoms with van der Waals surface area (Å²) in [5.74, 6) is 0. The molecule has 0 nitrogen and oxygen atoms in total. The summed E-state index contributed by atoms with van der Waals surface area (Å²) >= 11 is -1.12. The molecule has 0 fully saturated rings. The molecule has 178 valence electrons. The van der Waals surface area contributed by atoms with Crippen LogP contribution in [0.4, 0.5) is 0 Å². The summed E-state index contributed by atoms with van der Waals surface area (Å²) in [5.41, 5.74) is 14.6. The van der Waals surface area contributed by atoms with Crippen LogP contribution in [0.5, 0.6) is 0 Å². The van der Waals surface area contributed by atoms with E-state index in [4.69, 9.17) is 0 Å². The normalized spacial score (nSPS) is 17.3. The quantitative estimate of drug-likeness (QED) is 0.194. The van der Waals surface area contributed by atoms with Crippen LogP contribution in [0.1, 0.15) is 43.5 Å². The smallest absolute Gasteiger partial charge is 0.0135 e. The van der Waals surface area contributed by atoms with Crippen molar-refractivity contribution in [2.45, 2.75) is 34.3 Å². The van der Waals surface area contributed by atoms with Crippen molar-refractivity contribution in [3.63, 3.8) is 0 Å². The summed E-state index contributed by atoms with van der Waals surface area (Å²) in [4.78, 5) is 0. The van der Waals surface area contributed by atoms with E-state index in [0.717, 1.165) is 0 Å². The summed E-state index contributed by atoms with van der Waals surface area (Å²) in [6.07, 6.45) is 4.95. The van der Waals surface area contributed by atoms with E-state index in [9.17, 15) is 0 Å². The maximum Gasteiger partial charge on any atom is 0.0135 e. The molecule has 0 saturated carbocycles. The van der Waals surface area contributed by atoms with Gasteiger partial charge >= 0.3 is 209 Å². The summed E-state index contributed by atoms with van der Waals surface area (Å²) in [6.45, 7) is 9.25. The van der Waals surface area contributed by atoms with Crippen molar-refractivity contribution in [1.29, 1.82) is 0 Å². The van der Waals surface area contributed by atoms with E-state index in [0.29, 0.717) is 16.9 Å². The zero-order chi connectivity index (χ0) is 25.1. The van der Waals surface area contributed by atoms with Crippen LogP contribution >= 0.6 is 0 Å². The Kier molecular flexibility index (Phi) is 7.84. The third-order valence-corrected chi connectivity index (χ3v) is 15.0. The Bertz CT molecular complexity index is 1310. The molecule has 0 saturated heterocycles. The molecule has 4 aromatic carbocycles. The Balaban J connectivity index is 0.000000848. The molecule has 2 aliphatic carbocycles. The van der Waals surface area contributed by atoms with Crippen molar-refractivity contribution >= 4 is 21.7 Å². The molecular formula is C34H34HfSi. The van der Waals surface area contributed by atoms with Crippen molar-refractivity contribution in [3.8, 4) is 22.3 Å². The first kappa shape index (κ1) is 25.1. The van der Waals surface area contributed by atoms with Gasteiger partial charge in [0, 0.05) is 9.52 Å². The maximum atomic E-state index is 2.48. The van der Waals surface area contributed by atoms with Gasteiger partial charge in [0.05, 0.1) is 0 Å². The van der Waals surface area contributed by atoms with Crippen LogP contribution in [0.2, 0.25) is 13.1 Å². The fourth-order valence-corrected chi connectivity index (χ4v) is 12.2. The summed E-state index contributed by atoms with van der Waals surface area (Å²) in [7, 11) is 0.417. The van der Waals surface area contributed by atoms with Crippen molar-refractivity contribution in [2.75, 3.05) is 0 Å². The van der Waals surface area contributed by atoms with E-state index in [1.165, 1.54) is 33.4 Å². The molecule has 0 N–H and O–H groups in total. The molecule has 0 radical (unpaired) electrons. The Labute approximate surface area is 230 Å². The minimum absolute atomic E-state index is 0.417. The second-order valence-corrected chi connectivity index (χ2v) is 16.6. The van der Waals surface area contributed by atoms with Gasteiger partial charge in [-0.15, -0.1) is 0 Å². The average Bonchev–Trinajstić information content (AvgIpc) is 3.41. The zero-order valence-electron chi connectivity index (χ0n) is 21.8. The van der Waals surface area contributed by atoms with Gasteiger partial charge in [-0.05, 0) is 0 Å². The van der Waals surface area contributed by atoms with Crippen LogP contribution in [0.15, 0.2) is 108 Å². The summed E-state index contributed by atoms with van der Waals surface area (Å²) in [6, 6.07) is 35.6. The van der Waals surface area contributed by atoms with Crippen molar-refractivity contribution < 1.29 is 22.9 Å². The SMILES string of the molecule is CC1=Cc2c(-c3ccccc3)cccc2[CH]1[Hf][CH]1C(C)=Cc2c(-c3ccccc3)cccc21.C[SiH2]C. The topological polar surface area (TPSA) is 0 Å². The Morgan fingerprint density at radius 1 is 0.528 bits per heavy atom. The molecule has 36 heavy (non-hydrogen) atoms. The standard InChI is InChI=1S/2C16H13.C2H8Si.Hf/c2*1-12-10-14-8-5-9-15(16(14)11-12)13-6-3-2-4-7-13;1-3-2;/h2*2-11H,1H3;3H2,1-2H3;. The number of allylic oxidation sites excluding steroid dienone is 2. The number of hydrogen-bond acceptors (Lipinski definition) is 0. The molecule has 2 heteroatoms. The zero-order valence-corrected chi connectivity index (χ0v) is 26.8. The Morgan fingerprint density at radius 3 is 1.31 bits per heavy atom. The van der Waals surface area contributed by atoms with E-state index in [2.05, 4.69) is 136 Å². The second-order valence-electron chi connectivity index (χ2n) is 9.87. The predicted octanol–water partition coefficient (Wildman–Crippen LogP) is 8.97. The van der Waals surface area contributed by atoms with Crippen LogP contribution in [0.25, 0.3) is 34.4 Å². The number of fused-ring (bicyclic) bond motifs is 2. The maximum absolute atomic E-state index is 2.48. The molecule has 2 atom stereocenters. The molecule has 0 bridgehead atoms. The average molecular weight is 649 g/mol. The molecule has 0 aromatic heterocycles. The van der Waals surface area contributed by atoms with Gasteiger partial charge in [-0.2, -0.15) is 0 Å². The fraction of sp³-hybridized carbons (Fsp3) is 0.176. The van der Waals surface area contributed by atoms with Gasteiger partial charge in [0.2, 0.25) is 0 Å². The van der Waals surface area contributed by atoms with Gasteiger partial charge in [-0.1, -0.05) is 13.1 Å². The van der Waals surface area contributed by atoms with Gasteiger partial charge in [0.25, 0.3) is 0 Å². The van der Waals surface area contributed by atoms with Crippen molar-refractivity contribution in [2.24, 2.45) is 0 Å². The summed E-state index contributed by atoms with van der Waals surface area (Å²) < 4.78 is 1.31. The van der Waals surface area contributed by atoms with Crippen LogP contribution in [0, 0.1) is 0 Å². The molecule has 2 aliphatic rings. The fourth-order valence-electron chi connectivity index (χ4n) is 5.45. The van der Waals surface area contributed by atoms with Crippen LogP contribution in [-0.2, 0) is 22.9 Å². The van der Waals surface area contributed by atoms with Crippen LogP contribution in [0.3, 0.4) is 0 Å². The number of hydrogen-bond donors (Lipinski definition) is 0. The number of benzene rings is 4. The molecule has 0 heterocycles. The van der Waals surface area contributed by atoms with Gasteiger partial charge in [-0.25, -0.2) is 0 Å². The van der Waals surface area contributed by atoms with Gasteiger partial charge < -0.3 is 0 Å². The Morgan fingerprint density at radius 2 is 0.917 bits per heavy atom. The monoisotopic (exact) mass is 650 g/mol. The molecule has 0 amide bonds. The van der Waals surface area contributed by atoms with Crippen molar-refractivity contribution in [3.05, 3.63) is 130 Å². The minimum Gasteiger partial charge on any atom is -0.0750 e. The third-order valence-electron chi connectivity index (χ3n) is 7.06. The molecule has 0 aliphatic heterocycles. The van der Waals surface area contributed by atoms with E-state index in [1.807, 2.05) is 0 Å². The first-order valence-electron chi connectivity index (χ1n) is 13.1. The van der Waals surface area contributed by atoms with Gasteiger partial charge in [-0.3, -0.25) is 0 Å². The van der Waals surface area contributed by atoms with Gasteiger partial charge in [0.1, 0.15) is 0 Å². The van der Waals surface area contributed by atoms with Crippen molar-refractivity contribution in [1.82, 2.24) is 0 Å². The third kappa shape index (κ3) is 4.86. The molecule has 2 unspecified atom stereocenters. The first-order valence-corrected chi connectivity index (χ1v) is 20.1. The molecule has 0 spiro atoms. The predicted molar refractivity (Wildman–Crippen MR) is 157 cm³/mol. The van der Waals surface area contributed by atoms with Crippen LogP contribution in [-0.4, -0.2) is 9.52 Å². The minimum atomic E-state index is -1.12. The van der Waals surface area contributed by atoms with Gasteiger partial charge in [0.15, 0.2) is 0 Å². The van der Waals surface area contributed by atoms with E-state index >= 15 is 0 Å². The molecule has 4 aromatic rings. The second kappa shape index (κ2) is 11.2. The van der Waals surface area contributed by atoms with E-state index < -0.39 is 22.9 Å². The number of rotatable bonds is 4. The van der Waals surface area contributed by atoms with Crippen LogP contribution < -0.4 is 0 Å². The molecular weight excluding hydrogens is 615 g/mol.